The maximum atomic E-state index is 12.0. The van der Waals surface area contributed by atoms with Gasteiger partial charge < -0.3 is 5.32 Å². The average molecular weight is 379 g/mol. The number of nitrogens with one attached hydrogen (secondary N) is 1. The van der Waals surface area contributed by atoms with E-state index in [0.29, 0.717) is 29.3 Å². The van der Waals surface area contributed by atoms with Gasteiger partial charge in [-0.05, 0) is 27.7 Å². The Morgan fingerprint density at radius 2 is 1.37 bits per heavy atom. The number of carbonyl (C=O) groups excluding carboxylic acids is 1. The number of nitro groups is 2. The molecule has 0 spiro atoms. The minimum absolute atomic E-state index is 0.0209. The van der Waals surface area contributed by atoms with E-state index < -0.39 is 9.85 Å². The van der Waals surface area contributed by atoms with Crippen molar-refractivity contribution < 1.29 is 14.6 Å². The number of aryl methyl sites for hydroxylation is 3. The predicted octanol–water partition coefficient (Wildman–Crippen LogP) is 1.34. The van der Waals surface area contributed by atoms with Gasteiger partial charge in [0.1, 0.15) is 22.8 Å². The summed E-state index contributed by atoms with van der Waals surface area (Å²) in [5.41, 5.74) is 1.41. The fraction of sp³-hybridized carbons (Fsp3) is 0.533. The Kier molecular flexibility index (Phi) is 5.88. The van der Waals surface area contributed by atoms with E-state index in [0.717, 1.165) is 0 Å². The second-order valence-electron chi connectivity index (χ2n) is 6.10. The van der Waals surface area contributed by atoms with Gasteiger partial charge in [0, 0.05) is 13.0 Å². The molecular weight excluding hydrogens is 358 g/mol. The normalized spacial score (nSPS) is 10.8. The first-order chi connectivity index (χ1) is 12.6. The van der Waals surface area contributed by atoms with Crippen LogP contribution in [0.3, 0.4) is 0 Å². The van der Waals surface area contributed by atoms with Crippen molar-refractivity contribution in [2.75, 3.05) is 6.54 Å². The van der Waals surface area contributed by atoms with Crippen LogP contribution in [-0.2, 0) is 17.9 Å². The lowest BCUT2D eigenvalue weighted by molar-refractivity contribution is -0.386. The minimum atomic E-state index is -0.484. The average Bonchev–Trinajstić information content (AvgIpc) is 3.00. The summed E-state index contributed by atoms with van der Waals surface area (Å²) in [6.45, 7) is 7.09. The molecule has 2 aromatic heterocycles. The lowest BCUT2D eigenvalue weighted by Crippen LogP contribution is -2.28. The monoisotopic (exact) mass is 379 g/mol. The molecule has 146 valence electrons. The van der Waals surface area contributed by atoms with Gasteiger partial charge in [-0.25, -0.2) is 0 Å². The molecule has 1 N–H and O–H groups in total. The van der Waals surface area contributed by atoms with Crippen molar-refractivity contribution in [3.63, 3.8) is 0 Å². The smallest absolute Gasteiger partial charge is 0.312 e. The summed E-state index contributed by atoms with van der Waals surface area (Å²) in [7, 11) is 0. The molecule has 0 fully saturated rings. The van der Waals surface area contributed by atoms with Gasteiger partial charge in [0.05, 0.1) is 22.9 Å². The maximum Gasteiger partial charge on any atom is 0.312 e. The molecule has 12 heteroatoms. The van der Waals surface area contributed by atoms with E-state index in [1.54, 1.807) is 27.7 Å². The first kappa shape index (κ1) is 20.0. The third-order valence-electron chi connectivity index (χ3n) is 4.25. The Bertz CT molecular complexity index is 899. The zero-order valence-electron chi connectivity index (χ0n) is 15.6. The lowest BCUT2D eigenvalue weighted by atomic mass is 10.3. The Labute approximate surface area is 154 Å². The highest BCUT2D eigenvalue weighted by molar-refractivity contribution is 5.75. The molecule has 27 heavy (non-hydrogen) atoms. The molecule has 0 saturated carbocycles. The highest BCUT2D eigenvalue weighted by atomic mass is 16.6. The van der Waals surface area contributed by atoms with Crippen molar-refractivity contribution in [3.8, 4) is 0 Å². The SMILES string of the molecule is Cc1nn(CCNC(=O)CCn2nc(C)c([N+](=O)[O-])c2C)c(C)c1[N+](=O)[O-]. The van der Waals surface area contributed by atoms with E-state index in [9.17, 15) is 25.0 Å². The van der Waals surface area contributed by atoms with Crippen LogP contribution in [0.1, 0.15) is 29.2 Å². The van der Waals surface area contributed by atoms with E-state index in [4.69, 9.17) is 0 Å². The van der Waals surface area contributed by atoms with E-state index in [1.165, 1.54) is 9.36 Å². The van der Waals surface area contributed by atoms with Crippen molar-refractivity contribution in [2.45, 2.75) is 47.2 Å². The van der Waals surface area contributed by atoms with E-state index in [-0.39, 0.29) is 36.8 Å². The van der Waals surface area contributed by atoms with Crippen LogP contribution < -0.4 is 5.32 Å². The molecule has 0 saturated heterocycles. The number of aromatic nitrogens is 4. The largest absolute Gasteiger partial charge is 0.354 e. The molecule has 0 unspecified atom stereocenters. The van der Waals surface area contributed by atoms with Crippen molar-refractivity contribution in [3.05, 3.63) is 43.0 Å². The molecule has 0 atom stereocenters. The van der Waals surface area contributed by atoms with Gasteiger partial charge >= 0.3 is 11.4 Å². The molecule has 2 aromatic rings. The molecule has 0 radical (unpaired) electrons. The second-order valence-corrected chi connectivity index (χ2v) is 6.10. The zero-order valence-corrected chi connectivity index (χ0v) is 15.6. The van der Waals surface area contributed by atoms with Crippen molar-refractivity contribution in [1.29, 1.82) is 0 Å². The zero-order chi connectivity index (χ0) is 20.3. The molecule has 0 aliphatic heterocycles. The summed E-state index contributed by atoms with van der Waals surface area (Å²) in [4.78, 5) is 33.0. The number of rotatable bonds is 8. The van der Waals surface area contributed by atoms with Crippen LogP contribution in [0.2, 0.25) is 0 Å². The topological polar surface area (TPSA) is 151 Å². The first-order valence-electron chi connectivity index (χ1n) is 8.27. The van der Waals surface area contributed by atoms with Gasteiger partial charge in [0.2, 0.25) is 5.91 Å². The van der Waals surface area contributed by atoms with Crippen LogP contribution >= 0.6 is 0 Å². The molecule has 1 amide bonds. The summed E-state index contributed by atoms with van der Waals surface area (Å²) >= 11 is 0. The quantitative estimate of drug-likeness (QED) is 0.536. The fourth-order valence-corrected chi connectivity index (χ4v) is 2.94. The van der Waals surface area contributed by atoms with Crippen LogP contribution in [0.25, 0.3) is 0 Å². The standard InChI is InChI=1S/C15H21N7O5/c1-9-14(21(24)25)11(3)19(17-9)7-5-13(23)16-6-8-20-12(4)15(22(26)27)10(2)18-20/h5-8H2,1-4H3,(H,16,23). The van der Waals surface area contributed by atoms with Crippen LogP contribution in [-0.4, -0.2) is 41.9 Å². The Morgan fingerprint density at radius 3 is 1.78 bits per heavy atom. The third kappa shape index (κ3) is 4.27. The van der Waals surface area contributed by atoms with Gasteiger partial charge in [0.15, 0.2) is 0 Å². The molecule has 12 nitrogen and oxygen atoms in total. The van der Waals surface area contributed by atoms with Crippen LogP contribution in [0, 0.1) is 47.9 Å². The van der Waals surface area contributed by atoms with Gasteiger partial charge in [-0.15, -0.1) is 0 Å². The Morgan fingerprint density at radius 1 is 0.926 bits per heavy atom. The number of carbonyl (C=O) groups is 1. The van der Waals surface area contributed by atoms with Crippen molar-refractivity contribution in [2.24, 2.45) is 0 Å². The van der Waals surface area contributed by atoms with Crippen molar-refractivity contribution in [1.82, 2.24) is 24.9 Å². The number of hydrogen-bond donors (Lipinski definition) is 1. The van der Waals surface area contributed by atoms with Crippen LogP contribution in [0.5, 0.6) is 0 Å². The maximum absolute atomic E-state index is 12.0. The molecule has 2 rings (SSSR count). The van der Waals surface area contributed by atoms with Gasteiger partial charge in [-0.3, -0.25) is 34.4 Å². The van der Waals surface area contributed by atoms with E-state index in [2.05, 4.69) is 15.5 Å². The highest BCUT2D eigenvalue weighted by Crippen LogP contribution is 2.22. The van der Waals surface area contributed by atoms with E-state index >= 15 is 0 Å². The molecule has 0 aliphatic rings. The van der Waals surface area contributed by atoms with Crippen molar-refractivity contribution >= 4 is 17.3 Å². The summed E-state index contributed by atoms with van der Waals surface area (Å²) in [5.74, 6) is -0.249. The fourth-order valence-electron chi connectivity index (χ4n) is 2.94. The summed E-state index contributed by atoms with van der Waals surface area (Å²) < 4.78 is 2.93. The summed E-state index contributed by atoms with van der Waals surface area (Å²) in [5, 5.41) is 32.9. The van der Waals surface area contributed by atoms with Gasteiger partial charge in [-0.1, -0.05) is 0 Å². The molecule has 0 bridgehead atoms. The predicted molar refractivity (Wildman–Crippen MR) is 94.3 cm³/mol. The minimum Gasteiger partial charge on any atom is -0.354 e. The van der Waals surface area contributed by atoms with E-state index in [1.807, 2.05) is 0 Å². The lowest BCUT2D eigenvalue weighted by Gasteiger charge is -2.07. The second kappa shape index (κ2) is 7.93. The number of hydrogen-bond acceptors (Lipinski definition) is 7. The Balaban J connectivity index is 1.88. The Hall–Kier alpha value is -3.31. The summed E-state index contributed by atoms with van der Waals surface area (Å²) in [6.07, 6.45) is 0.108. The summed E-state index contributed by atoms with van der Waals surface area (Å²) in [6, 6.07) is 0. The molecule has 0 aromatic carbocycles. The highest BCUT2D eigenvalue weighted by Gasteiger charge is 2.22. The van der Waals surface area contributed by atoms with Crippen LogP contribution in [0.4, 0.5) is 11.4 Å². The molecule has 0 aliphatic carbocycles. The number of nitrogens with zero attached hydrogens (tertiary/aromatic N) is 6. The third-order valence-corrected chi connectivity index (χ3v) is 4.25. The van der Waals surface area contributed by atoms with Gasteiger partial charge in [-0.2, -0.15) is 10.2 Å². The van der Waals surface area contributed by atoms with Gasteiger partial charge in [0.25, 0.3) is 0 Å². The molecular formula is C15H21N7O5. The van der Waals surface area contributed by atoms with Crippen LogP contribution in [0.15, 0.2) is 0 Å². The number of amides is 1. The first-order valence-corrected chi connectivity index (χ1v) is 8.27. The molecule has 2 heterocycles.